The third-order valence-electron chi connectivity index (χ3n) is 3.44. The van der Waals surface area contributed by atoms with Crippen molar-refractivity contribution in [1.82, 2.24) is 4.98 Å². The fourth-order valence-corrected chi connectivity index (χ4v) is 2.24. The van der Waals surface area contributed by atoms with Crippen molar-refractivity contribution in [3.8, 4) is 17.0 Å². The third-order valence-corrected chi connectivity index (χ3v) is 3.44. The van der Waals surface area contributed by atoms with Crippen LogP contribution in [0.4, 0.5) is 11.5 Å². The molecule has 21 heavy (non-hydrogen) atoms. The third kappa shape index (κ3) is 2.08. The first kappa shape index (κ1) is 13.0. The van der Waals surface area contributed by atoms with Crippen molar-refractivity contribution in [2.75, 3.05) is 24.3 Å². The van der Waals surface area contributed by atoms with E-state index in [2.05, 4.69) is 4.98 Å². The number of carboxylic acid groups (broad SMARTS) is 1. The van der Waals surface area contributed by atoms with E-state index in [0.29, 0.717) is 17.1 Å². The number of nitrogens with two attached hydrogens (primary N) is 1. The fourth-order valence-electron chi connectivity index (χ4n) is 2.24. The number of aromatic carboxylic acids is 1. The number of anilines is 2. The summed E-state index contributed by atoms with van der Waals surface area (Å²) in [6.45, 7) is 0.0153. The first-order chi connectivity index (χ1) is 9.97. The van der Waals surface area contributed by atoms with Crippen LogP contribution >= 0.6 is 0 Å². The van der Waals surface area contributed by atoms with E-state index in [9.17, 15) is 9.59 Å². The fraction of sp³-hybridized carbons (Fsp3) is 0.143. The van der Waals surface area contributed by atoms with E-state index in [1.165, 1.54) is 11.0 Å². The predicted molar refractivity (Wildman–Crippen MR) is 76.5 cm³/mol. The second-order valence-electron chi connectivity index (χ2n) is 4.74. The maximum atomic E-state index is 11.6. The average Bonchev–Trinajstić information content (AvgIpc) is 2.85. The average molecular weight is 287 g/mol. The first-order valence-electron chi connectivity index (χ1n) is 6.23. The summed E-state index contributed by atoms with van der Waals surface area (Å²) in [7, 11) is 1.67. The molecule has 1 amide bonds. The molecule has 1 aliphatic heterocycles. The number of rotatable bonds is 2. The number of likely N-dealkylation sites (N-methyl/N-ethyl adjacent to an activating group) is 1. The summed E-state index contributed by atoms with van der Waals surface area (Å²) in [5, 5.41) is 9.02. The van der Waals surface area contributed by atoms with E-state index >= 15 is 0 Å². The van der Waals surface area contributed by atoms with Crippen LogP contribution in [0.25, 0.3) is 11.3 Å². The molecule has 1 aromatic heterocycles. The number of carbonyl (C=O) groups excluding carboxylic acids is 1. The summed E-state index contributed by atoms with van der Waals surface area (Å²) >= 11 is 0. The molecule has 0 atom stereocenters. The van der Waals surface area contributed by atoms with Crippen LogP contribution in [-0.2, 0) is 4.79 Å². The van der Waals surface area contributed by atoms with Crippen LogP contribution < -0.4 is 15.4 Å². The van der Waals surface area contributed by atoms with Crippen LogP contribution in [0.5, 0.6) is 5.75 Å². The van der Waals surface area contributed by atoms with E-state index in [1.807, 2.05) is 0 Å². The second-order valence-corrected chi connectivity index (χ2v) is 4.74. The Labute approximate surface area is 119 Å². The topological polar surface area (TPSA) is 109 Å². The number of fused-ring (bicyclic) bond motifs is 1. The molecule has 1 aliphatic rings. The molecule has 108 valence electrons. The van der Waals surface area contributed by atoms with Crippen molar-refractivity contribution < 1.29 is 19.4 Å². The van der Waals surface area contributed by atoms with Gasteiger partial charge in [-0.1, -0.05) is 0 Å². The minimum atomic E-state index is -1.09. The Bertz CT molecular complexity index is 751. The lowest BCUT2D eigenvalue weighted by Crippen LogP contribution is -2.35. The normalized spacial score (nSPS) is 13.8. The van der Waals surface area contributed by atoms with Crippen LogP contribution in [0.3, 0.4) is 0 Å². The Kier molecular flexibility index (Phi) is 2.83. The maximum absolute atomic E-state index is 11.6. The Hall–Kier alpha value is -2.96. The number of amides is 1. The second kappa shape index (κ2) is 4.55. The van der Waals surface area contributed by atoms with E-state index in [4.69, 9.17) is 15.6 Å². The van der Waals surface area contributed by atoms with Crippen molar-refractivity contribution in [2.45, 2.75) is 0 Å². The lowest BCUT2D eigenvalue weighted by Gasteiger charge is -2.26. The number of carboxylic acids is 1. The van der Waals surface area contributed by atoms with Gasteiger partial charge in [0.25, 0.3) is 5.91 Å². The zero-order valence-corrected chi connectivity index (χ0v) is 11.2. The van der Waals surface area contributed by atoms with E-state index in [-0.39, 0.29) is 23.9 Å². The number of hydrogen-bond donors (Lipinski definition) is 3. The summed E-state index contributed by atoms with van der Waals surface area (Å²) in [4.78, 5) is 27.0. The van der Waals surface area contributed by atoms with Gasteiger partial charge in [-0.3, -0.25) is 4.79 Å². The highest BCUT2D eigenvalue weighted by molar-refractivity contribution is 5.98. The molecule has 0 fully saturated rings. The van der Waals surface area contributed by atoms with Gasteiger partial charge in [-0.25, -0.2) is 4.79 Å². The summed E-state index contributed by atoms with van der Waals surface area (Å²) in [5.41, 5.74) is 7.58. The molecular formula is C14H13N3O4. The lowest BCUT2D eigenvalue weighted by atomic mass is 10.1. The van der Waals surface area contributed by atoms with Crippen molar-refractivity contribution >= 4 is 23.4 Å². The van der Waals surface area contributed by atoms with Gasteiger partial charge in [0.1, 0.15) is 17.1 Å². The monoisotopic (exact) mass is 287 g/mol. The van der Waals surface area contributed by atoms with Crippen molar-refractivity contribution in [1.29, 1.82) is 0 Å². The number of aromatic nitrogens is 1. The number of aromatic amines is 1. The number of hydrogen-bond acceptors (Lipinski definition) is 4. The molecule has 1 aromatic carbocycles. The highest BCUT2D eigenvalue weighted by atomic mass is 16.5. The molecule has 7 nitrogen and oxygen atoms in total. The molecule has 0 spiro atoms. The van der Waals surface area contributed by atoms with Crippen molar-refractivity contribution in [2.24, 2.45) is 0 Å². The summed E-state index contributed by atoms with van der Waals surface area (Å²) in [6.07, 6.45) is 0. The summed E-state index contributed by atoms with van der Waals surface area (Å²) in [5.74, 6) is -0.532. The van der Waals surface area contributed by atoms with Gasteiger partial charge in [0.05, 0.1) is 5.69 Å². The number of benzene rings is 1. The van der Waals surface area contributed by atoms with Gasteiger partial charge in [-0.15, -0.1) is 0 Å². The molecule has 0 unspecified atom stereocenters. The van der Waals surface area contributed by atoms with Crippen LogP contribution in [0, 0.1) is 0 Å². The Morgan fingerprint density at radius 1 is 1.43 bits per heavy atom. The molecule has 3 rings (SSSR count). The Morgan fingerprint density at radius 2 is 2.19 bits per heavy atom. The first-order valence-corrected chi connectivity index (χ1v) is 6.23. The standard InChI is InChI=1S/C14H13N3O4/c1-17-10-4-7(2-3-11(10)21-6-12(17)18)9-5-8(14(19)20)13(15)16-9/h2-5,16H,6,15H2,1H3,(H,19,20). The minimum Gasteiger partial charge on any atom is -0.482 e. The molecular weight excluding hydrogens is 274 g/mol. The van der Waals surface area contributed by atoms with Gasteiger partial charge in [-0.05, 0) is 24.3 Å². The number of nitrogens with zero attached hydrogens (tertiary/aromatic N) is 1. The number of H-pyrrole nitrogens is 1. The highest BCUT2D eigenvalue weighted by Gasteiger charge is 2.23. The van der Waals surface area contributed by atoms with E-state index in [0.717, 1.165) is 5.56 Å². The number of nitrogens with one attached hydrogen (secondary N) is 1. The van der Waals surface area contributed by atoms with Gasteiger partial charge in [0, 0.05) is 18.3 Å². The summed E-state index contributed by atoms with van der Waals surface area (Å²) in [6, 6.07) is 6.73. The number of nitrogen functional groups attached to an aromatic ring is 1. The van der Waals surface area contributed by atoms with Crippen LogP contribution in [0.15, 0.2) is 24.3 Å². The van der Waals surface area contributed by atoms with E-state index < -0.39 is 5.97 Å². The molecule has 0 bridgehead atoms. The van der Waals surface area contributed by atoms with E-state index in [1.54, 1.807) is 25.2 Å². The Balaban J connectivity index is 2.06. The quantitative estimate of drug-likeness (QED) is 0.771. The smallest absolute Gasteiger partial charge is 0.339 e. The van der Waals surface area contributed by atoms with Crippen LogP contribution in [-0.4, -0.2) is 35.6 Å². The molecule has 0 saturated carbocycles. The molecule has 7 heteroatoms. The van der Waals surface area contributed by atoms with Gasteiger partial charge >= 0.3 is 5.97 Å². The SMILES string of the molecule is CN1C(=O)COc2ccc(-c3cc(C(=O)O)c(N)[nH]3)cc21. The molecule has 2 aromatic rings. The largest absolute Gasteiger partial charge is 0.482 e. The molecule has 0 aliphatic carbocycles. The number of ether oxygens (including phenoxy) is 1. The highest BCUT2D eigenvalue weighted by Crippen LogP contribution is 2.35. The predicted octanol–water partition coefficient (Wildman–Crippen LogP) is 1.32. The van der Waals surface area contributed by atoms with Crippen LogP contribution in [0.2, 0.25) is 0 Å². The van der Waals surface area contributed by atoms with Gasteiger partial charge in [0.15, 0.2) is 6.61 Å². The van der Waals surface area contributed by atoms with Crippen molar-refractivity contribution in [3.63, 3.8) is 0 Å². The minimum absolute atomic E-state index is 0.0153. The molecule has 0 saturated heterocycles. The molecule has 2 heterocycles. The zero-order chi connectivity index (χ0) is 15.1. The molecule has 0 radical (unpaired) electrons. The van der Waals surface area contributed by atoms with Gasteiger partial charge in [-0.2, -0.15) is 0 Å². The number of carbonyl (C=O) groups is 2. The Morgan fingerprint density at radius 3 is 2.86 bits per heavy atom. The van der Waals surface area contributed by atoms with Crippen molar-refractivity contribution in [3.05, 3.63) is 29.8 Å². The summed E-state index contributed by atoms with van der Waals surface area (Å²) < 4.78 is 5.34. The van der Waals surface area contributed by atoms with Gasteiger partial charge < -0.3 is 25.5 Å². The lowest BCUT2D eigenvalue weighted by molar-refractivity contribution is -0.120. The van der Waals surface area contributed by atoms with Gasteiger partial charge in [0.2, 0.25) is 0 Å². The molecule has 4 N–H and O–H groups in total. The maximum Gasteiger partial charge on any atom is 0.339 e. The zero-order valence-electron chi connectivity index (χ0n) is 11.2. The van der Waals surface area contributed by atoms with Crippen LogP contribution in [0.1, 0.15) is 10.4 Å².